The third kappa shape index (κ3) is 5.81. The molecule has 0 N–H and O–H groups in total. The van der Waals surface area contributed by atoms with E-state index in [0.717, 1.165) is 66.6 Å². The summed E-state index contributed by atoms with van der Waals surface area (Å²) in [6.45, 7) is 0. The Balaban J connectivity index is 1.32. The summed E-state index contributed by atoms with van der Waals surface area (Å²) in [5.41, 5.74) is 11.7. The van der Waals surface area contributed by atoms with Crippen LogP contribution in [-0.2, 0) is 0 Å². The smallest absolute Gasteiger partial charge is 0.235 e. The molecule has 0 atom stereocenters. The summed E-state index contributed by atoms with van der Waals surface area (Å²) in [6, 6.07) is 70.3. The van der Waals surface area contributed by atoms with Gasteiger partial charge in [-0.15, -0.1) is 0 Å². The Morgan fingerprint density at radius 1 is 0.373 bits per heavy atom. The lowest BCUT2D eigenvalue weighted by Gasteiger charge is -2.27. The first-order chi connectivity index (χ1) is 25.3. The predicted octanol–water partition coefficient (Wildman–Crippen LogP) is 12.9. The van der Waals surface area contributed by atoms with Gasteiger partial charge in [0.2, 0.25) is 5.95 Å². The Hall–Kier alpha value is -6.84. The first-order valence-corrected chi connectivity index (χ1v) is 17.3. The van der Waals surface area contributed by atoms with Gasteiger partial charge in [0, 0.05) is 22.2 Å². The zero-order chi connectivity index (χ0) is 34.0. The molecule has 9 rings (SSSR count). The quantitative estimate of drug-likeness (QED) is 0.161. The minimum atomic E-state index is 0.605. The number of benzene rings is 8. The van der Waals surface area contributed by atoms with E-state index >= 15 is 0 Å². The number of rotatable bonds is 7. The number of nitrogens with zero attached hydrogens (tertiary/aromatic N) is 3. The van der Waals surface area contributed by atoms with Crippen molar-refractivity contribution in [3.8, 4) is 44.6 Å². The summed E-state index contributed by atoms with van der Waals surface area (Å²) in [5.74, 6) is 0.605. The monoisotopic (exact) mass is 651 g/mol. The average molecular weight is 652 g/mol. The Morgan fingerprint density at radius 2 is 0.902 bits per heavy atom. The Labute approximate surface area is 297 Å². The number of aromatic nitrogens is 2. The first-order valence-electron chi connectivity index (χ1n) is 17.3. The number of fused-ring (bicyclic) bond motifs is 3. The standard InChI is InChI=1S/C48H33N3/c1-5-15-34(16-6-1)36-25-29-41(30-26-36)51(45-32-28-40(35-17-7-2-8-18-35)33-43(45)37-19-9-3-10-20-37)48-49-44-31-27-38-21-13-14-24-42(38)46(44)47(50-48)39-22-11-4-12-23-39/h1-33H. The van der Waals surface area contributed by atoms with Crippen molar-refractivity contribution in [2.24, 2.45) is 0 Å². The van der Waals surface area contributed by atoms with E-state index in [1.807, 2.05) is 6.07 Å². The number of hydrogen-bond donors (Lipinski definition) is 0. The highest BCUT2D eigenvalue weighted by Crippen LogP contribution is 2.44. The van der Waals surface area contributed by atoms with E-state index in [9.17, 15) is 0 Å². The normalized spacial score (nSPS) is 11.1. The fraction of sp³-hybridized carbons (Fsp3) is 0. The van der Waals surface area contributed by atoms with Crippen molar-refractivity contribution < 1.29 is 0 Å². The first kappa shape index (κ1) is 30.2. The molecule has 0 saturated carbocycles. The molecule has 0 saturated heterocycles. The molecule has 9 aromatic rings. The maximum atomic E-state index is 5.49. The van der Waals surface area contributed by atoms with Gasteiger partial charge < -0.3 is 0 Å². The lowest BCUT2D eigenvalue weighted by molar-refractivity contribution is 1.11. The van der Waals surface area contributed by atoms with Crippen LogP contribution < -0.4 is 4.90 Å². The van der Waals surface area contributed by atoms with E-state index in [1.54, 1.807) is 0 Å². The van der Waals surface area contributed by atoms with Crippen molar-refractivity contribution in [3.05, 3.63) is 200 Å². The van der Waals surface area contributed by atoms with Crippen LogP contribution in [0.25, 0.3) is 66.3 Å². The molecule has 0 spiro atoms. The molecule has 1 heterocycles. The van der Waals surface area contributed by atoms with Gasteiger partial charge in [0.05, 0.1) is 16.9 Å². The zero-order valence-corrected chi connectivity index (χ0v) is 27.9. The highest BCUT2D eigenvalue weighted by molar-refractivity contribution is 6.12. The molecule has 0 unspecified atom stereocenters. The summed E-state index contributed by atoms with van der Waals surface area (Å²) >= 11 is 0. The van der Waals surface area contributed by atoms with Gasteiger partial charge in [-0.05, 0) is 68.9 Å². The second-order valence-corrected chi connectivity index (χ2v) is 12.6. The fourth-order valence-corrected chi connectivity index (χ4v) is 6.98. The molecular formula is C48H33N3. The Morgan fingerprint density at radius 3 is 1.57 bits per heavy atom. The van der Waals surface area contributed by atoms with Crippen LogP contribution >= 0.6 is 0 Å². The fourth-order valence-electron chi connectivity index (χ4n) is 6.98. The molecule has 8 aromatic carbocycles. The molecular weight excluding hydrogens is 619 g/mol. The van der Waals surface area contributed by atoms with Crippen LogP contribution in [0.3, 0.4) is 0 Å². The van der Waals surface area contributed by atoms with Crippen LogP contribution in [0, 0.1) is 0 Å². The second-order valence-electron chi connectivity index (χ2n) is 12.6. The molecule has 0 aliphatic rings. The second kappa shape index (κ2) is 13.2. The molecule has 0 radical (unpaired) electrons. The Bertz CT molecular complexity index is 2600. The lowest BCUT2D eigenvalue weighted by Crippen LogP contribution is -2.15. The van der Waals surface area contributed by atoms with Gasteiger partial charge in [-0.3, -0.25) is 4.90 Å². The largest absolute Gasteiger partial charge is 0.279 e. The average Bonchev–Trinajstić information content (AvgIpc) is 3.22. The maximum Gasteiger partial charge on any atom is 0.235 e. The van der Waals surface area contributed by atoms with Crippen molar-refractivity contribution >= 4 is 39.0 Å². The predicted molar refractivity (Wildman–Crippen MR) is 213 cm³/mol. The highest BCUT2D eigenvalue weighted by atomic mass is 15.3. The minimum Gasteiger partial charge on any atom is -0.279 e. The SMILES string of the molecule is c1ccc(-c2ccc(N(c3nc(-c4ccccc4)c4c(ccc5ccccc54)n3)c3ccc(-c4ccccc4)cc3-c3ccccc3)cc2)cc1. The summed E-state index contributed by atoms with van der Waals surface area (Å²) in [6.07, 6.45) is 0. The zero-order valence-electron chi connectivity index (χ0n) is 27.9. The molecule has 0 bridgehead atoms. The van der Waals surface area contributed by atoms with Gasteiger partial charge in [-0.25, -0.2) is 9.97 Å². The van der Waals surface area contributed by atoms with Gasteiger partial charge in [-0.1, -0.05) is 170 Å². The summed E-state index contributed by atoms with van der Waals surface area (Å²) < 4.78 is 0. The molecule has 51 heavy (non-hydrogen) atoms. The van der Waals surface area contributed by atoms with E-state index in [1.165, 1.54) is 11.1 Å². The van der Waals surface area contributed by atoms with E-state index < -0.39 is 0 Å². The molecule has 3 heteroatoms. The third-order valence-corrected chi connectivity index (χ3v) is 9.49. The van der Waals surface area contributed by atoms with Crippen LogP contribution in [0.4, 0.5) is 17.3 Å². The van der Waals surface area contributed by atoms with E-state index in [-0.39, 0.29) is 0 Å². The van der Waals surface area contributed by atoms with Gasteiger partial charge in [0.25, 0.3) is 0 Å². The van der Waals surface area contributed by atoms with Gasteiger partial charge in [0.15, 0.2) is 0 Å². The summed E-state index contributed by atoms with van der Waals surface area (Å²) in [7, 11) is 0. The van der Waals surface area contributed by atoms with Crippen molar-refractivity contribution in [2.75, 3.05) is 4.90 Å². The van der Waals surface area contributed by atoms with Crippen molar-refractivity contribution in [1.82, 2.24) is 9.97 Å². The third-order valence-electron chi connectivity index (χ3n) is 9.49. The van der Waals surface area contributed by atoms with E-state index in [4.69, 9.17) is 9.97 Å². The van der Waals surface area contributed by atoms with Crippen LogP contribution in [0.5, 0.6) is 0 Å². The summed E-state index contributed by atoms with van der Waals surface area (Å²) in [5, 5.41) is 3.34. The minimum absolute atomic E-state index is 0.605. The molecule has 1 aromatic heterocycles. The van der Waals surface area contributed by atoms with Crippen molar-refractivity contribution in [1.29, 1.82) is 0 Å². The molecule has 3 nitrogen and oxygen atoms in total. The topological polar surface area (TPSA) is 29.0 Å². The molecule has 240 valence electrons. The van der Waals surface area contributed by atoms with Gasteiger partial charge in [-0.2, -0.15) is 0 Å². The molecule has 0 aliphatic heterocycles. The Kier molecular flexibility index (Phi) is 7.84. The van der Waals surface area contributed by atoms with Crippen LogP contribution in [0.2, 0.25) is 0 Å². The van der Waals surface area contributed by atoms with Crippen LogP contribution in [0.15, 0.2) is 200 Å². The summed E-state index contributed by atoms with van der Waals surface area (Å²) in [4.78, 5) is 13.1. The number of anilines is 3. The van der Waals surface area contributed by atoms with Crippen molar-refractivity contribution in [2.45, 2.75) is 0 Å². The molecule has 0 aliphatic carbocycles. The lowest BCUT2D eigenvalue weighted by atomic mass is 9.96. The van der Waals surface area contributed by atoms with E-state index in [0.29, 0.717) is 5.95 Å². The maximum absolute atomic E-state index is 5.49. The van der Waals surface area contributed by atoms with Crippen LogP contribution in [-0.4, -0.2) is 9.97 Å². The number of hydrogen-bond acceptors (Lipinski definition) is 3. The molecule has 0 fully saturated rings. The molecule has 0 amide bonds. The van der Waals surface area contributed by atoms with Crippen LogP contribution in [0.1, 0.15) is 0 Å². The van der Waals surface area contributed by atoms with E-state index in [2.05, 4.69) is 199 Å². The highest BCUT2D eigenvalue weighted by Gasteiger charge is 2.23. The van der Waals surface area contributed by atoms with Crippen molar-refractivity contribution in [3.63, 3.8) is 0 Å². The van der Waals surface area contributed by atoms with Gasteiger partial charge >= 0.3 is 0 Å². The van der Waals surface area contributed by atoms with Gasteiger partial charge in [0.1, 0.15) is 0 Å².